The standard InChI is InChI=1S/C22H21NO5/c1-2-10-23-19(13-3-6-16(24)7-4-13)18(21(26)22(23)27)20(25)15-5-8-17-14(12-15)9-11-28-17/h3-8,12,19,24-25H,2,9-11H2,1H3/b20-18-. The Morgan fingerprint density at radius 2 is 1.93 bits per heavy atom. The van der Waals surface area contributed by atoms with Gasteiger partial charge < -0.3 is 19.8 Å². The first-order chi connectivity index (χ1) is 13.5. The first-order valence-corrected chi connectivity index (χ1v) is 9.34. The topological polar surface area (TPSA) is 87.1 Å². The minimum Gasteiger partial charge on any atom is -0.508 e. The Balaban J connectivity index is 1.85. The van der Waals surface area contributed by atoms with E-state index in [1.54, 1.807) is 30.3 Å². The van der Waals surface area contributed by atoms with E-state index in [2.05, 4.69) is 0 Å². The molecule has 0 radical (unpaired) electrons. The van der Waals surface area contributed by atoms with Crippen molar-refractivity contribution in [3.05, 3.63) is 64.7 Å². The van der Waals surface area contributed by atoms with E-state index in [0.29, 0.717) is 30.7 Å². The molecule has 1 unspecified atom stereocenters. The first kappa shape index (κ1) is 18.1. The number of likely N-dealkylation sites (tertiary alicyclic amines) is 1. The van der Waals surface area contributed by atoms with Crippen LogP contribution in [0.5, 0.6) is 11.5 Å². The van der Waals surface area contributed by atoms with Crippen molar-refractivity contribution in [1.29, 1.82) is 0 Å². The second-order valence-corrected chi connectivity index (χ2v) is 7.00. The van der Waals surface area contributed by atoms with Crippen molar-refractivity contribution >= 4 is 17.4 Å². The maximum absolute atomic E-state index is 12.8. The summed E-state index contributed by atoms with van der Waals surface area (Å²) in [5.74, 6) is -0.635. The van der Waals surface area contributed by atoms with E-state index < -0.39 is 17.7 Å². The third-order valence-corrected chi connectivity index (χ3v) is 5.18. The van der Waals surface area contributed by atoms with E-state index in [-0.39, 0.29) is 17.1 Å². The molecule has 4 rings (SSSR count). The predicted molar refractivity (Wildman–Crippen MR) is 103 cm³/mol. The summed E-state index contributed by atoms with van der Waals surface area (Å²) < 4.78 is 5.50. The van der Waals surface area contributed by atoms with Gasteiger partial charge in [0.25, 0.3) is 11.7 Å². The molecule has 6 nitrogen and oxygen atoms in total. The summed E-state index contributed by atoms with van der Waals surface area (Å²) in [6, 6.07) is 10.9. The number of phenols is 1. The van der Waals surface area contributed by atoms with Crippen LogP contribution in [0, 0.1) is 0 Å². The van der Waals surface area contributed by atoms with Crippen LogP contribution in [0.2, 0.25) is 0 Å². The summed E-state index contributed by atoms with van der Waals surface area (Å²) in [5, 5.41) is 20.6. The number of Topliss-reactive ketones (excluding diaryl/α,β-unsaturated/α-hetero) is 1. The van der Waals surface area contributed by atoms with Gasteiger partial charge in [-0.2, -0.15) is 0 Å². The third kappa shape index (κ3) is 2.91. The van der Waals surface area contributed by atoms with Crippen molar-refractivity contribution in [1.82, 2.24) is 4.90 Å². The maximum atomic E-state index is 12.8. The molecule has 0 spiro atoms. The Hall–Kier alpha value is -3.28. The number of carbonyl (C=O) groups is 2. The van der Waals surface area contributed by atoms with Crippen molar-refractivity contribution in [3.8, 4) is 11.5 Å². The van der Waals surface area contributed by atoms with Crippen molar-refractivity contribution in [2.45, 2.75) is 25.8 Å². The smallest absolute Gasteiger partial charge is 0.295 e. The molecule has 0 saturated carbocycles. The third-order valence-electron chi connectivity index (χ3n) is 5.18. The molecule has 0 bridgehead atoms. The van der Waals surface area contributed by atoms with Gasteiger partial charge >= 0.3 is 0 Å². The van der Waals surface area contributed by atoms with Crippen LogP contribution in [0.1, 0.15) is 36.1 Å². The van der Waals surface area contributed by atoms with Crippen LogP contribution in [-0.4, -0.2) is 40.0 Å². The number of aliphatic hydroxyl groups is 1. The molecule has 1 atom stereocenters. The summed E-state index contributed by atoms with van der Waals surface area (Å²) in [6.07, 6.45) is 1.42. The van der Waals surface area contributed by atoms with Gasteiger partial charge in [0.2, 0.25) is 0 Å². The van der Waals surface area contributed by atoms with Crippen molar-refractivity contribution < 1.29 is 24.5 Å². The SMILES string of the molecule is CCCN1C(=O)C(=O)/C(=C(\O)c2ccc3c(c2)CCO3)C1c1ccc(O)cc1. The summed E-state index contributed by atoms with van der Waals surface area (Å²) in [4.78, 5) is 26.9. The molecule has 6 heteroatoms. The minimum atomic E-state index is -0.694. The largest absolute Gasteiger partial charge is 0.508 e. The molecular formula is C22H21NO5. The molecule has 2 aromatic carbocycles. The number of ether oxygens (including phenoxy) is 1. The molecule has 0 aliphatic carbocycles. The minimum absolute atomic E-state index is 0.0722. The molecule has 144 valence electrons. The number of ketones is 1. The normalized spacial score (nSPS) is 20.3. The zero-order valence-corrected chi connectivity index (χ0v) is 15.5. The zero-order valence-electron chi connectivity index (χ0n) is 15.5. The van der Waals surface area contributed by atoms with Crippen LogP contribution < -0.4 is 4.74 Å². The molecule has 28 heavy (non-hydrogen) atoms. The molecule has 2 aliphatic heterocycles. The number of hydrogen-bond donors (Lipinski definition) is 2. The number of aliphatic hydroxyl groups excluding tert-OH is 1. The fraction of sp³-hybridized carbons (Fsp3) is 0.273. The quantitative estimate of drug-likeness (QED) is 0.484. The molecule has 1 fully saturated rings. The van der Waals surface area contributed by atoms with Crippen LogP contribution in [-0.2, 0) is 16.0 Å². The summed E-state index contributed by atoms with van der Waals surface area (Å²) in [6.45, 7) is 2.91. The van der Waals surface area contributed by atoms with Gasteiger partial charge in [-0.3, -0.25) is 9.59 Å². The average molecular weight is 379 g/mol. The second-order valence-electron chi connectivity index (χ2n) is 7.00. The van der Waals surface area contributed by atoms with E-state index in [9.17, 15) is 19.8 Å². The first-order valence-electron chi connectivity index (χ1n) is 9.34. The molecule has 2 aliphatic rings. The van der Waals surface area contributed by atoms with Gasteiger partial charge in [-0.15, -0.1) is 0 Å². The van der Waals surface area contributed by atoms with Gasteiger partial charge in [-0.05, 0) is 47.9 Å². The van der Waals surface area contributed by atoms with Crippen LogP contribution in [0.3, 0.4) is 0 Å². The lowest BCUT2D eigenvalue weighted by Crippen LogP contribution is -2.30. The Labute approximate surface area is 162 Å². The average Bonchev–Trinajstić information content (AvgIpc) is 3.26. The number of carbonyl (C=O) groups excluding carboxylic acids is 2. The van der Waals surface area contributed by atoms with Crippen molar-refractivity contribution in [2.24, 2.45) is 0 Å². The second kappa shape index (κ2) is 7.03. The monoisotopic (exact) mass is 379 g/mol. The van der Waals surface area contributed by atoms with E-state index >= 15 is 0 Å². The van der Waals surface area contributed by atoms with E-state index in [1.165, 1.54) is 17.0 Å². The van der Waals surface area contributed by atoms with Crippen LogP contribution in [0.25, 0.3) is 5.76 Å². The fourth-order valence-electron chi connectivity index (χ4n) is 3.84. The molecule has 2 aromatic rings. The number of fused-ring (bicyclic) bond motifs is 1. The molecule has 1 saturated heterocycles. The Bertz CT molecular complexity index is 977. The molecular weight excluding hydrogens is 358 g/mol. The van der Waals surface area contributed by atoms with Gasteiger partial charge in [0.1, 0.15) is 17.3 Å². The van der Waals surface area contributed by atoms with Crippen LogP contribution >= 0.6 is 0 Å². The van der Waals surface area contributed by atoms with Crippen LogP contribution in [0.4, 0.5) is 0 Å². The highest BCUT2D eigenvalue weighted by molar-refractivity contribution is 6.46. The van der Waals surface area contributed by atoms with Gasteiger partial charge in [0.15, 0.2) is 0 Å². The number of aromatic hydroxyl groups is 1. The summed E-state index contributed by atoms with van der Waals surface area (Å²) in [5.41, 5.74) is 2.19. The number of phenolic OH excluding ortho intramolecular Hbond substituents is 1. The zero-order chi connectivity index (χ0) is 19.8. The number of nitrogens with zero attached hydrogens (tertiary/aromatic N) is 1. The summed E-state index contributed by atoms with van der Waals surface area (Å²) >= 11 is 0. The summed E-state index contributed by atoms with van der Waals surface area (Å²) in [7, 11) is 0. The highest BCUT2D eigenvalue weighted by atomic mass is 16.5. The molecule has 2 N–H and O–H groups in total. The maximum Gasteiger partial charge on any atom is 0.295 e. The highest BCUT2D eigenvalue weighted by Gasteiger charge is 2.45. The van der Waals surface area contributed by atoms with Crippen LogP contribution in [0.15, 0.2) is 48.0 Å². The van der Waals surface area contributed by atoms with Crippen molar-refractivity contribution in [3.63, 3.8) is 0 Å². The fourth-order valence-corrected chi connectivity index (χ4v) is 3.84. The predicted octanol–water partition coefficient (Wildman–Crippen LogP) is 3.16. The lowest BCUT2D eigenvalue weighted by atomic mass is 9.94. The lowest BCUT2D eigenvalue weighted by molar-refractivity contribution is -0.139. The van der Waals surface area contributed by atoms with E-state index in [1.807, 2.05) is 6.92 Å². The number of amides is 1. The van der Waals surface area contributed by atoms with Crippen molar-refractivity contribution in [2.75, 3.05) is 13.2 Å². The Kier molecular flexibility index (Phi) is 4.55. The Morgan fingerprint density at radius 1 is 1.18 bits per heavy atom. The van der Waals surface area contributed by atoms with E-state index in [4.69, 9.17) is 4.74 Å². The van der Waals surface area contributed by atoms with Gasteiger partial charge in [0.05, 0.1) is 18.2 Å². The number of hydrogen-bond acceptors (Lipinski definition) is 5. The van der Waals surface area contributed by atoms with Gasteiger partial charge in [-0.25, -0.2) is 0 Å². The molecule has 0 aromatic heterocycles. The Morgan fingerprint density at radius 3 is 2.64 bits per heavy atom. The van der Waals surface area contributed by atoms with Gasteiger partial charge in [0, 0.05) is 18.5 Å². The highest BCUT2D eigenvalue weighted by Crippen LogP contribution is 2.40. The van der Waals surface area contributed by atoms with E-state index in [0.717, 1.165) is 17.7 Å². The lowest BCUT2D eigenvalue weighted by Gasteiger charge is -2.24. The van der Waals surface area contributed by atoms with Gasteiger partial charge in [-0.1, -0.05) is 19.1 Å². The number of benzene rings is 2. The number of rotatable bonds is 4. The molecule has 1 amide bonds. The molecule has 2 heterocycles.